The summed E-state index contributed by atoms with van der Waals surface area (Å²) in [5.74, 6) is -0.447. The van der Waals surface area contributed by atoms with Gasteiger partial charge in [0.25, 0.3) is 5.91 Å². The van der Waals surface area contributed by atoms with Crippen molar-refractivity contribution in [1.82, 2.24) is 0 Å². The van der Waals surface area contributed by atoms with E-state index >= 15 is 0 Å². The Bertz CT molecular complexity index is 704. The van der Waals surface area contributed by atoms with Crippen molar-refractivity contribution in [2.45, 2.75) is 0 Å². The first kappa shape index (κ1) is 14.9. The predicted octanol–water partition coefficient (Wildman–Crippen LogP) is 2.72. The van der Waals surface area contributed by atoms with Gasteiger partial charge in [0, 0.05) is 11.3 Å². The van der Waals surface area contributed by atoms with Crippen LogP contribution in [0.1, 0.15) is 15.9 Å². The van der Waals surface area contributed by atoms with Gasteiger partial charge in [-0.3, -0.25) is 4.79 Å². The number of para-hydroxylation sites is 1. The van der Waals surface area contributed by atoms with Crippen molar-refractivity contribution in [3.8, 4) is 5.75 Å². The fourth-order valence-electron chi connectivity index (χ4n) is 1.82. The molecule has 1 amide bonds. The number of methoxy groups -OCH3 is 1. The van der Waals surface area contributed by atoms with E-state index in [-0.39, 0.29) is 16.5 Å². The van der Waals surface area contributed by atoms with Crippen LogP contribution in [-0.4, -0.2) is 18.0 Å². The first-order valence-electron chi connectivity index (χ1n) is 6.06. The molecule has 0 saturated heterocycles. The predicted molar refractivity (Wildman–Crippen MR) is 83.2 cm³/mol. The zero-order valence-corrected chi connectivity index (χ0v) is 12.0. The standard InChI is InChI=1S/C15H13FN2O2S/c1-20-13-5-3-2-4-10(13)15(19)18-9-6-7-12(16)11(8-9)14(17)21/h2-8H,1H3,(H2,17,21)(H,18,19). The number of nitrogens with one attached hydrogen (secondary N) is 1. The number of nitrogens with two attached hydrogens (primary N) is 1. The molecule has 0 radical (unpaired) electrons. The smallest absolute Gasteiger partial charge is 0.259 e. The number of hydrogen-bond donors (Lipinski definition) is 2. The molecule has 4 nitrogen and oxygen atoms in total. The number of amides is 1. The zero-order valence-electron chi connectivity index (χ0n) is 11.2. The van der Waals surface area contributed by atoms with Crippen LogP contribution >= 0.6 is 12.2 Å². The highest BCUT2D eigenvalue weighted by molar-refractivity contribution is 7.80. The molecule has 2 aromatic carbocycles. The van der Waals surface area contributed by atoms with E-state index in [1.165, 1.54) is 25.3 Å². The number of thiocarbonyl (C=S) groups is 1. The number of carbonyl (C=O) groups excluding carboxylic acids is 1. The SMILES string of the molecule is COc1ccccc1C(=O)Nc1ccc(F)c(C(N)=S)c1. The van der Waals surface area contributed by atoms with Gasteiger partial charge in [-0.15, -0.1) is 0 Å². The molecule has 3 N–H and O–H groups in total. The van der Waals surface area contributed by atoms with Gasteiger partial charge < -0.3 is 15.8 Å². The Labute approximate surface area is 126 Å². The molecule has 0 saturated carbocycles. The summed E-state index contributed by atoms with van der Waals surface area (Å²) >= 11 is 4.76. The molecule has 0 bridgehead atoms. The van der Waals surface area contributed by atoms with E-state index in [2.05, 4.69) is 5.32 Å². The van der Waals surface area contributed by atoms with Crippen LogP contribution in [-0.2, 0) is 0 Å². The summed E-state index contributed by atoms with van der Waals surface area (Å²) in [7, 11) is 1.48. The van der Waals surface area contributed by atoms with Crippen molar-refractivity contribution in [2.75, 3.05) is 12.4 Å². The monoisotopic (exact) mass is 304 g/mol. The van der Waals surface area contributed by atoms with Crippen molar-refractivity contribution in [3.05, 3.63) is 59.4 Å². The zero-order chi connectivity index (χ0) is 15.4. The normalized spacial score (nSPS) is 10.0. The van der Waals surface area contributed by atoms with Crippen molar-refractivity contribution in [1.29, 1.82) is 0 Å². The van der Waals surface area contributed by atoms with Crippen molar-refractivity contribution < 1.29 is 13.9 Å². The van der Waals surface area contributed by atoms with E-state index in [1.807, 2.05) is 0 Å². The second kappa shape index (κ2) is 6.32. The molecule has 108 valence electrons. The molecule has 0 atom stereocenters. The van der Waals surface area contributed by atoms with E-state index < -0.39 is 5.82 Å². The molecule has 2 rings (SSSR count). The maximum Gasteiger partial charge on any atom is 0.259 e. The largest absolute Gasteiger partial charge is 0.496 e. The van der Waals surface area contributed by atoms with Crippen LogP contribution in [0.25, 0.3) is 0 Å². The van der Waals surface area contributed by atoms with Gasteiger partial charge in [-0.05, 0) is 30.3 Å². The summed E-state index contributed by atoms with van der Waals surface area (Å²) in [5, 5.41) is 2.65. The summed E-state index contributed by atoms with van der Waals surface area (Å²) < 4.78 is 18.6. The Morgan fingerprint density at radius 3 is 2.62 bits per heavy atom. The van der Waals surface area contributed by atoms with Gasteiger partial charge in [0.05, 0.1) is 12.7 Å². The first-order chi connectivity index (χ1) is 10.0. The minimum atomic E-state index is -0.530. The summed E-state index contributed by atoms with van der Waals surface area (Å²) in [5.41, 5.74) is 6.29. The number of rotatable bonds is 4. The Kier molecular flexibility index (Phi) is 4.49. The lowest BCUT2D eigenvalue weighted by Gasteiger charge is -2.10. The highest BCUT2D eigenvalue weighted by Gasteiger charge is 2.13. The third-order valence-corrected chi connectivity index (χ3v) is 3.06. The molecule has 0 spiro atoms. The molecule has 0 aliphatic rings. The van der Waals surface area contributed by atoms with Gasteiger partial charge in [-0.1, -0.05) is 24.4 Å². The van der Waals surface area contributed by atoms with Crippen LogP contribution in [0.2, 0.25) is 0 Å². The second-order valence-corrected chi connectivity index (χ2v) is 4.65. The topological polar surface area (TPSA) is 64.3 Å². The van der Waals surface area contributed by atoms with E-state index in [0.717, 1.165) is 0 Å². The average molecular weight is 304 g/mol. The molecule has 6 heteroatoms. The van der Waals surface area contributed by atoms with E-state index in [0.29, 0.717) is 17.0 Å². The highest BCUT2D eigenvalue weighted by atomic mass is 32.1. The lowest BCUT2D eigenvalue weighted by atomic mass is 10.1. The van der Waals surface area contributed by atoms with E-state index in [9.17, 15) is 9.18 Å². The Balaban J connectivity index is 2.28. The third-order valence-electron chi connectivity index (χ3n) is 2.84. The molecule has 0 fully saturated rings. The molecule has 0 heterocycles. The lowest BCUT2D eigenvalue weighted by molar-refractivity contribution is 0.102. The number of halogens is 1. The minimum absolute atomic E-state index is 0.0686. The quantitative estimate of drug-likeness (QED) is 0.853. The van der Waals surface area contributed by atoms with Gasteiger partial charge in [0.15, 0.2) is 0 Å². The summed E-state index contributed by atoms with van der Waals surface area (Å²) in [6.07, 6.45) is 0. The Morgan fingerprint density at radius 2 is 1.95 bits per heavy atom. The van der Waals surface area contributed by atoms with Gasteiger partial charge in [-0.25, -0.2) is 4.39 Å². The number of hydrogen-bond acceptors (Lipinski definition) is 3. The first-order valence-corrected chi connectivity index (χ1v) is 6.47. The maximum atomic E-state index is 13.5. The lowest BCUT2D eigenvalue weighted by Crippen LogP contribution is -2.15. The van der Waals surface area contributed by atoms with Gasteiger partial charge >= 0.3 is 0 Å². The average Bonchev–Trinajstić information content (AvgIpc) is 2.48. The van der Waals surface area contributed by atoms with E-state index in [1.54, 1.807) is 24.3 Å². The molecule has 0 aromatic heterocycles. The molecule has 21 heavy (non-hydrogen) atoms. The molecular weight excluding hydrogens is 291 g/mol. The van der Waals surface area contributed by atoms with Gasteiger partial charge in [-0.2, -0.15) is 0 Å². The van der Waals surface area contributed by atoms with Crippen LogP contribution in [0.3, 0.4) is 0 Å². The molecule has 2 aromatic rings. The number of ether oxygens (including phenoxy) is 1. The molecule has 0 aliphatic heterocycles. The second-order valence-electron chi connectivity index (χ2n) is 4.21. The Morgan fingerprint density at radius 1 is 1.24 bits per heavy atom. The summed E-state index contributed by atoms with van der Waals surface area (Å²) in [6.45, 7) is 0. The van der Waals surface area contributed by atoms with Crippen molar-refractivity contribution >= 4 is 28.8 Å². The van der Waals surface area contributed by atoms with Crippen LogP contribution in [0.5, 0.6) is 5.75 Å². The van der Waals surface area contributed by atoms with Gasteiger partial charge in [0.1, 0.15) is 16.6 Å². The summed E-state index contributed by atoms with van der Waals surface area (Å²) in [4.78, 5) is 12.1. The van der Waals surface area contributed by atoms with Crippen LogP contribution in [0.15, 0.2) is 42.5 Å². The Hall–Kier alpha value is -2.47. The van der Waals surface area contributed by atoms with Crippen molar-refractivity contribution in [2.24, 2.45) is 5.73 Å². The minimum Gasteiger partial charge on any atom is -0.496 e. The number of carbonyl (C=O) groups is 1. The van der Waals surface area contributed by atoms with Crippen LogP contribution < -0.4 is 15.8 Å². The van der Waals surface area contributed by atoms with E-state index in [4.69, 9.17) is 22.7 Å². The summed E-state index contributed by atoms with van der Waals surface area (Å²) in [6, 6.07) is 10.8. The maximum absolute atomic E-state index is 13.5. The molecule has 0 aliphatic carbocycles. The van der Waals surface area contributed by atoms with Crippen LogP contribution in [0, 0.1) is 5.82 Å². The van der Waals surface area contributed by atoms with Crippen molar-refractivity contribution in [3.63, 3.8) is 0 Å². The fourth-order valence-corrected chi connectivity index (χ4v) is 1.98. The van der Waals surface area contributed by atoms with Crippen LogP contribution in [0.4, 0.5) is 10.1 Å². The number of benzene rings is 2. The third kappa shape index (κ3) is 3.35. The fraction of sp³-hybridized carbons (Fsp3) is 0.0667. The molecular formula is C15H13FN2O2S. The molecule has 0 unspecified atom stereocenters. The highest BCUT2D eigenvalue weighted by Crippen LogP contribution is 2.20. The number of anilines is 1. The van der Waals surface area contributed by atoms with Gasteiger partial charge in [0.2, 0.25) is 0 Å².